The number of amides is 1. The number of benzene rings is 2. The summed E-state index contributed by atoms with van der Waals surface area (Å²) in [4.78, 5) is 15.8. The molecule has 0 aliphatic carbocycles. The number of phenolic OH excluding ortho intramolecular Hbond substituents is 1. The Morgan fingerprint density at radius 2 is 1.67 bits per heavy atom. The Hall–Kier alpha value is -2.28. The summed E-state index contributed by atoms with van der Waals surface area (Å²) in [5.41, 5.74) is 6.81. The first-order chi connectivity index (χ1) is 11.5. The summed E-state index contributed by atoms with van der Waals surface area (Å²) in [6.45, 7) is 2.71. The molecule has 0 radical (unpaired) electrons. The molecule has 2 aromatic carbocycles. The van der Waals surface area contributed by atoms with Crippen molar-refractivity contribution in [1.29, 1.82) is 0 Å². The number of primary amides is 1. The molecule has 0 bridgehead atoms. The zero-order valence-electron chi connectivity index (χ0n) is 12.9. The summed E-state index contributed by atoms with van der Waals surface area (Å²) in [7, 11) is 0. The van der Waals surface area contributed by atoms with Gasteiger partial charge in [0.2, 0.25) is 0 Å². The van der Waals surface area contributed by atoms with Crippen LogP contribution in [0.4, 0.5) is 15.8 Å². The van der Waals surface area contributed by atoms with Gasteiger partial charge in [0.25, 0.3) is 5.91 Å². The molecule has 1 saturated heterocycles. The predicted octanol–water partition coefficient (Wildman–Crippen LogP) is 2.72. The van der Waals surface area contributed by atoms with E-state index in [1.807, 2.05) is 17.0 Å². The highest BCUT2D eigenvalue weighted by atomic mass is 79.9. The highest BCUT2D eigenvalue weighted by Gasteiger charge is 2.24. The molecule has 3 N–H and O–H groups in total. The Kier molecular flexibility index (Phi) is 4.62. The smallest absolute Gasteiger partial charge is 0.253 e. The van der Waals surface area contributed by atoms with E-state index in [4.69, 9.17) is 5.73 Å². The average molecular weight is 394 g/mol. The molecule has 126 valence electrons. The standard InChI is InChI=1S/C17H17BrFN3O2/c18-11-9-14(19)16(17(20)24)15(10-11)22-7-5-21(6-8-22)12-1-3-13(23)4-2-12/h1-4,9-10,23H,5-8H2,(H2,20,24). The molecule has 0 spiro atoms. The lowest BCUT2D eigenvalue weighted by molar-refractivity contribution is 0.0997. The molecule has 0 atom stereocenters. The van der Waals surface area contributed by atoms with Crippen molar-refractivity contribution in [2.75, 3.05) is 36.0 Å². The number of carbonyl (C=O) groups is 1. The minimum absolute atomic E-state index is 0.0729. The first-order valence-electron chi connectivity index (χ1n) is 7.53. The minimum atomic E-state index is -0.768. The molecular formula is C17H17BrFN3O2. The summed E-state index contributed by atoms with van der Waals surface area (Å²) in [6, 6.07) is 9.99. The molecule has 0 saturated carbocycles. The number of hydrogen-bond acceptors (Lipinski definition) is 4. The van der Waals surface area contributed by atoms with Crippen LogP contribution < -0.4 is 15.5 Å². The summed E-state index contributed by atoms with van der Waals surface area (Å²) < 4.78 is 14.7. The Morgan fingerprint density at radius 3 is 2.25 bits per heavy atom. The topological polar surface area (TPSA) is 69.8 Å². The molecule has 1 fully saturated rings. The fourth-order valence-electron chi connectivity index (χ4n) is 2.92. The van der Waals surface area contributed by atoms with Gasteiger partial charge in [-0.1, -0.05) is 15.9 Å². The lowest BCUT2D eigenvalue weighted by Gasteiger charge is -2.38. The van der Waals surface area contributed by atoms with Crippen LogP contribution in [0.25, 0.3) is 0 Å². The van der Waals surface area contributed by atoms with E-state index in [2.05, 4.69) is 20.8 Å². The third-order valence-electron chi connectivity index (χ3n) is 4.12. The van der Waals surface area contributed by atoms with E-state index >= 15 is 0 Å². The average Bonchev–Trinajstić information content (AvgIpc) is 2.54. The quantitative estimate of drug-likeness (QED) is 0.840. The summed E-state index contributed by atoms with van der Waals surface area (Å²) in [5, 5.41) is 9.37. The van der Waals surface area contributed by atoms with Crippen LogP contribution in [-0.4, -0.2) is 37.2 Å². The van der Waals surface area contributed by atoms with Gasteiger partial charge in [0, 0.05) is 36.3 Å². The van der Waals surface area contributed by atoms with Gasteiger partial charge in [0.15, 0.2) is 0 Å². The number of anilines is 2. The lowest BCUT2D eigenvalue weighted by Crippen LogP contribution is -2.47. The van der Waals surface area contributed by atoms with Crippen molar-refractivity contribution in [2.45, 2.75) is 0 Å². The summed E-state index contributed by atoms with van der Waals surface area (Å²) >= 11 is 3.27. The number of halogens is 2. The maximum Gasteiger partial charge on any atom is 0.253 e. The van der Waals surface area contributed by atoms with Crippen molar-refractivity contribution >= 4 is 33.2 Å². The van der Waals surface area contributed by atoms with Crippen LogP contribution >= 0.6 is 15.9 Å². The first kappa shape index (κ1) is 16.6. The van der Waals surface area contributed by atoms with Crippen molar-refractivity contribution in [3.05, 3.63) is 52.3 Å². The largest absolute Gasteiger partial charge is 0.508 e. The van der Waals surface area contributed by atoms with Crippen molar-refractivity contribution in [3.8, 4) is 5.75 Å². The number of rotatable bonds is 3. The monoisotopic (exact) mass is 393 g/mol. The molecule has 0 aromatic heterocycles. The van der Waals surface area contributed by atoms with Gasteiger partial charge in [-0.3, -0.25) is 4.79 Å². The number of nitrogens with zero attached hydrogens (tertiary/aromatic N) is 2. The van der Waals surface area contributed by atoms with Gasteiger partial charge >= 0.3 is 0 Å². The molecule has 1 aliphatic heterocycles. The number of hydrogen-bond donors (Lipinski definition) is 2. The Balaban J connectivity index is 1.80. The van der Waals surface area contributed by atoms with Gasteiger partial charge in [-0.05, 0) is 36.4 Å². The van der Waals surface area contributed by atoms with Gasteiger partial charge in [-0.15, -0.1) is 0 Å². The minimum Gasteiger partial charge on any atom is -0.508 e. The van der Waals surface area contributed by atoms with E-state index in [9.17, 15) is 14.3 Å². The second-order valence-corrected chi connectivity index (χ2v) is 6.55. The van der Waals surface area contributed by atoms with Crippen molar-refractivity contribution in [3.63, 3.8) is 0 Å². The number of piperazine rings is 1. The van der Waals surface area contributed by atoms with Crippen molar-refractivity contribution in [2.24, 2.45) is 5.73 Å². The van der Waals surface area contributed by atoms with Crippen LogP contribution in [0.2, 0.25) is 0 Å². The highest BCUT2D eigenvalue weighted by Crippen LogP contribution is 2.29. The molecule has 1 amide bonds. The molecule has 3 rings (SSSR count). The van der Waals surface area contributed by atoms with Crippen LogP contribution in [-0.2, 0) is 0 Å². The Bertz CT molecular complexity index is 759. The molecule has 0 unspecified atom stereocenters. The molecular weight excluding hydrogens is 377 g/mol. The van der Waals surface area contributed by atoms with E-state index in [-0.39, 0.29) is 11.3 Å². The van der Waals surface area contributed by atoms with Crippen LogP contribution in [0.3, 0.4) is 0 Å². The predicted molar refractivity (Wildman–Crippen MR) is 95.2 cm³/mol. The second-order valence-electron chi connectivity index (χ2n) is 5.64. The van der Waals surface area contributed by atoms with E-state index in [1.54, 1.807) is 18.2 Å². The maximum absolute atomic E-state index is 14.1. The van der Waals surface area contributed by atoms with Gasteiger partial charge < -0.3 is 20.6 Å². The zero-order valence-corrected chi connectivity index (χ0v) is 14.5. The summed E-state index contributed by atoms with van der Waals surface area (Å²) in [6.07, 6.45) is 0. The van der Waals surface area contributed by atoms with Gasteiger partial charge in [0.05, 0.1) is 11.3 Å². The third-order valence-corrected chi connectivity index (χ3v) is 4.57. The zero-order chi connectivity index (χ0) is 17.3. The van der Waals surface area contributed by atoms with Crippen LogP contribution in [0.5, 0.6) is 5.75 Å². The lowest BCUT2D eigenvalue weighted by atomic mass is 10.1. The fourth-order valence-corrected chi connectivity index (χ4v) is 3.34. The number of phenols is 1. The normalized spacial score (nSPS) is 14.8. The third kappa shape index (κ3) is 3.31. The molecule has 2 aromatic rings. The second kappa shape index (κ2) is 6.68. The summed E-state index contributed by atoms with van der Waals surface area (Å²) in [5.74, 6) is -1.16. The number of aromatic hydroxyl groups is 1. The Morgan fingerprint density at radius 1 is 1.08 bits per heavy atom. The Labute approximate surface area is 147 Å². The SMILES string of the molecule is NC(=O)c1c(F)cc(Br)cc1N1CCN(c2ccc(O)cc2)CC1. The first-order valence-corrected chi connectivity index (χ1v) is 8.33. The van der Waals surface area contributed by atoms with Gasteiger partial charge in [-0.25, -0.2) is 4.39 Å². The molecule has 7 heteroatoms. The highest BCUT2D eigenvalue weighted by molar-refractivity contribution is 9.10. The van der Waals surface area contributed by atoms with Crippen molar-refractivity contribution in [1.82, 2.24) is 0 Å². The van der Waals surface area contributed by atoms with E-state index in [0.29, 0.717) is 23.2 Å². The molecule has 1 aliphatic rings. The molecule has 24 heavy (non-hydrogen) atoms. The number of nitrogens with two attached hydrogens (primary N) is 1. The van der Waals surface area contributed by atoms with Crippen LogP contribution in [0.15, 0.2) is 40.9 Å². The maximum atomic E-state index is 14.1. The van der Waals surface area contributed by atoms with E-state index in [1.165, 1.54) is 6.07 Å². The van der Waals surface area contributed by atoms with E-state index < -0.39 is 11.7 Å². The molecule has 5 nitrogen and oxygen atoms in total. The number of carbonyl (C=O) groups excluding carboxylic acids is 1. The van der Waals surface area contributed by atoms with Gasteiger partial charge in [-0.2, -0.15) is 0 Å². The van der Waals surface area contributed by atoms with E-state index in [0.717, 1.165) is 18.8 Å². The van der Waals surface area contributed by atoms with Crippen LogP contribution in [0.1, 0.15) is 10.4 Å². The van der Waals surface area contributed by atoms with Crippen molar-refractivity contribution < 1.29 is 14.3 Å². The van der Waals surface area contributed by atoms with Crippen LogP contribution in [0, 0.1) is 5.82 Å². The fraction of sp³-hybridized carbons (Fsp3) is 0.235. The molecule has 1 heterocycles. The van der Waals surface area contributed by atoms with Gasteiger partial charge in [0.1, 0.15) is 11.6 Å².